The molecule has 0 aliphatic carbocycles. The molecule has 0 saturated heterocycles. The average molecular weight is 454 g/mol. The third kappa shape index (κ3) is 4.75. The van der Waals surface area contributed by atoms with Gasteiger partial charge < -0.3 is 4.74 Å². The lowest BCUT2D eigenvalue weighted by Gasteiger charge is -2.11. The van der Waals surface area contributed by atoms with E-state index >= 15 is 4.39 Å². The smallest absolute Gasteiger partial charge is 0.387 e. The third-order valence-electron chi connectivity index (χ3n) is 5.39. The van der Waals surface area contributed by atoms with Gasteiger partial charge in [0, 0.05) is 10.9 Å². The van der Waals surface area contributed by atoms with Gasteiger partial charge in [-0.25, -0.2) is 13.2 Å². The van der Waals surface area contributed by atoms with E-state index in [1.54, 1.807) is 36.4 Å². The number of allylic oxidation sites excluding steroid dienone is 1. The van der Waals surface area contributed by atoms with Gasteiger partial charge in [0.2, 0.25) is 0 Å². The lowest BCUT2D eigenvalue weighted by Crippen LogP contribution is -2.06. The molecule has 6 heteroatoms. The van der Waals surface area contributed by atoms with Gasteiger partial charge in [-0.15, -0.1) is 6.58 Å². The van der Waals surface area contributed by atoms with Gasteiger partial charge >= 0.3 is 6.61 Å². The largest absolute Gasteiger partial charge is 0.429 e. The van der Waals surface area contributed by atoms with Crippen molar-refractivity contribution in [2.75, 3.05) is 0 Å². The molecule has 0 saturated carbocycles. The van der Waals surface area contributed by atoms with Gasteiger partial charge in [0.15, 0.2) is 17.4 Å². The predicted octanol–water partition coefficient (Wildman–Crippen LogP) is 8.31. The van der Waals surface area contributed by atoms with Crippen molar-refractivity contribution in [3.63, 3.8) is 0 Å². The van der Waals surface area contributed by atoms with Gasteiger partial charge in [0.1, 0.15) is 5.82 Å². The molecule has 0 aliphatic heterocycles. The molecule has 0 bridgehead atoms. The van der Waals surface area contributed by atoms with Crippen molar-refractivity contribution in [3.8, 4) is 28.0 Å². The minimum Gasteiger partial charge on any atom is -0.429 e. The van der Waals surface area contributed by atoms with Gasteiger partial charge in [-0.2, -0.15) is 8.78 Å². The van der Waals surface area contributed by atoms with E-state index in [4.69, 9.17) is 0 Å². The van der Waals surface area contributed by atoms with Crippen molar-refractivity contribution in [3.05, 3.63) is 102 Å². The van der Waals surface area contributed by atoms with Crippen molar-refractivity contribution >= 4 is 10.8 Å². The molecular formula is C27H19F5O. The molecule has 4 aromatic rings. The summed E-state index contributed by atoms with van der Waals surface area (Å²) in [5.74, 6) is -3.96. The molecule has 0 amide bonds. The molecule has 0 spiro atoms. The van der Waals surface area contributed by atoms with Crippen LogP contribution >= 0.6 is 0 Å². The summed E-state index contributed by atoms with van der Waals surface area (Å²) in [6.07, 6.45) is 3.51. The predicted molar refractivity (Wildman–Crippen MR) is 120 cm³/mol. The Morgan fingerprint density at radius 2 is 1.45 bits per heavy atom. The number of halogens is 5. The standard InChI is InChI=1S/C27H19F5O/c1-2-3-4-16-5-11-22-19(13-16)10-12-21(25(22)30)18-8-6-17(7-9-18)20-14-23(28)26(24(29)15-20)33-27(31)32/h2,5-15,27H,1,3-4H2. The molecule has 0 N–H and O–H groups in total. The number of rotatable bonds is 7. The highest BCUT2D eigenvalue weighted by Crippen LogP contribution is 2.33. The molecule has 0 unspecified atom stereocenters. The molecule has 0 fully saturated rings. The highest BCUT2D eigenvalue weighted by atomic mass is 19.3. The maximum Gasteiger partial charge on any atom is 0.387 e. The van der Waals surface area contributed by atoms with Crippen molar-refractivity contribution in [2.45, 2.75) is 19.5 Å². The van der Waals surface area contributed by atoms with Crippen LogP contribution < -0.4 is 4.74 Å². The van der Waals surface area contributed by atoms with Crippen molar-refractivity contribution in [1.29, 1.82) is 0 Å². The summed E-state index contributed by atoms with van der Waals surface area (Å²) >= 11 is 0. The van der Waals surface area contributed by atoms with Gasteiger partial charge in [0.05, 0.1) is 0 Å². The number of hydrogen-bond donors (Lipinski definition) is 0. The van der Waals surface area contributed by atoms with E-state index in [1.807, 2.05) is 24.3 Å². The topological polar surface area (TPSA) is 9.23 Å². The fraction of sp³-hybridized carbons (Fsp3) is 0.111. The first-order valence-corrected chi connectivity index (χ1v) is 10.2. The molecule has 168 valence electrons. The zero-order chi connectivity index (χ0) is 23.5. The quantitative estimate of drug-likeness (QED) is 0.202. The van der Waals surface area contributed by atoms with Crippen LogP contribution in [0.3, 0.4) is 0 Å². The molecule has 0 aromatic heterocycles. The average Bonchev–Trinajstić information content (AvgIpc) is 2.80. The first-order chi connectivity index (χ1) is 15.9. The molecule has 0 heterocycles. The highest BCUT2D eigenvalue weighted by molar-refractivity contribution is 5.89. The van der Waals surface area contributed by atoms with E-state index in [-0.39, 0.29) is 11.4 Å². The lowest BCUT2D eigenvalue weighted by molar-refractivity contribution is -0.0546. The summed E-state index contributed by atoms with van der Waals surface area (Å²) in [4.78, 5) is 0. The SMILES string of the molecule is C=CCCc1ccc2c(F)c(-c3ccc(-c4cc(F)c(OC(F)F)c(F)c4)cc3)ccc2c1. The molecule has 0 aliphatic rings. The first-order valence-electron chi connectivity index (χ1n) is 10.2. The Morgan fingerprint density at radius 3 is 2.09 bits per heavy atom. The van der Waals surface area contributed by atoms with Gasteiger partial charge in [-0.1, -0.05) is 60.7 Å². The summed E-state index contributed by atoms with van der Waals surface area (Å²) in [7, 11) is 0. The summed E-state index contributed by atoms with van der Waals surface area (Å²) in [5, 5.41) is 1.30. The molecule has 33 heavy (non-hydrogen) atoms. The zero-order valence-corrected chi connectivity index (χ0v) is 17.4. The number of aryl methyl sites for hydroxylation is 1. The van der Waals surface area contributed by atoms with E-state index in [9.17, 15) is 17.6 Å². The second-order valence-corrected chi connectivity index (χ2v) is 7.53. The first kappa shape index (κ1) is 22.5. The van der Waals surface area contributed by atoms with Crippen LogP contribution in [0.15, 0.2) is 79.4 Å². The number of ether oxygens (including phenoxy) is 1. The summed E-state index contributed by atoms with van der Waals surface area (Å²) in [6.45, 7) is 0.377. The Morgan fingerprint density at radius 1 is 0.788 bits per heavy atom. The zero-order valence-electron chi connectivity index (χ0n) is 17.4. The van der Waals surface area contributed by atoms with Crippen LogP contribution in [0.25, 0.3) is 33.0 Å². The van der Waals surface area contributed by atoms with E-state index in [2.05, 4.69) is 11.3 Å². The summed E-state index contributed by atoms with van der Waals surface area (Å²) in [6, 6.07) is 17.4. The molecule has 0 atom stereocenters. The van der Waals surface area contributed by atoms with Gasteiger partial charge in [0.25, 0.3) is 0 Å². The lowest BCUT2D eigenvalue weighted by atomic mass is 9.96. The molecule has 4 rings (SSSR count). The number of hydrogen-bond acceptors (Lipinski definition) is 1. The Labute approximate surface area is 187 Å². The van der Waals surface area contributed by atoms with Gasteiger partial charge in [-0.05, 0) is 52.6 Å². The Balaban J connectivity index is 1.64. The second kappa shape index (κ2) is 9.45. The van der Waals surface area contributed by atoms with E-state index in [0.717, 1.165) is 35.9 Å². The molecule has 1 nitrogen and oxygen atoms in total. The van der Waals surface area contributed by atoms with Crippen molar-refractivity contribution in [1.82, 2.24) is 0 Å². The van der Waals surface area contributed by atoms with E-state index < -0.39 is 24.0 Å². The van der Waals surface area contributed by atoms with Crippen LogP contribution in [0.5, 0.6) is 5.75 Å². The molecule has 4 aromatic carbocycles. The van der Waals surface area contributed by atoms with Crippen molar-refractivity contribution in [2.24, 2.45) is 0 Å². The number of fused-ring (bicyclic) bond motifs is 1. The Bertz CT molecular complexity index is 1290. The number of alkyl halides is 2. The molecular weight excluding hydrogens is 435 g/mol. The summed E-state index contributed by atoms with van der Waals surface area (Å²) in [5.41, 5.74) is 2.67. The highest BCUT2D eigenvalue weighted by Gasteiger charge is 2.18. The van der Waals surface area contributed by atoms with E-state index in [0.29, 0.717) is 22.1 Å². The van der Waals surface area contributed by atoms with Crippen LogP contribution in [0.1, 0.15) is 12.0 Å². The Kier molecular flexibility index (Phi) is 6.45. The minimum atomic E-state index is -3.34. The van der Waals surface area contributed by atoms with Crippen LogP contribution in [-0.2, 0) is 6.42 Å². The normalized spacial score (nSPS) is 11.2. The Hall–Kier alpha value is -3.67. The minimum absolute atomic E-state index is 0.143. The fourth-order valence-corrected chi connectivity index (χ4v) is 3.76. The van der Waals surface area contributed by atoms with E-state index in [1.165, 1.54) is 0 Å². The van der Waals surface area contributed by atoms with Crippen LogP contribution in [0, 0.1) is 17.5 Å². The fourth-order valence-electron chi connectivity index (χ4n) is 3.76. The van der Waals surface area contributed by atoms with Crippen molar-refractivity contribution < 1.29 is 26.7 Å². The maximum atomic E-state index is 15.2. The third-order valence-corrected chi connectivity index (χ3v) is 5.39. The van der Waals surface area contributed by atoms with Crippen LogP contribution in [0.2, 0.25) is 0 Å². The van der Waals surface area contributed by atoms with Crippen LogP contribution in [0.4, 0.5) is 22.0 Å². The molecule has 0 radical (unpaired) electrons. The maximum absolute atomic E-state index is 15.2. The monoisotopic (exact) mass is 454 g/mol. The summed E-state index contributed by atoms with van der Waals surface area (Å²) < 4.78 is 71.8. The number of benzene rings is 4. The van der Waals surface area contributed by atoms with Crippen LogP contribution in [-0.4, -0.2) is 6.61 Å². The van der Waals surface area contributed by atoms with Gasteiger partial charge in [-0.3, -0.25) is 0 Å². The second-order valence-electron chi connectivity index (χ2n) is 7.53.